The molecule has 1 aliphatic heterocycles. The third-order valence-corrected chi connectivity index (χ3v) is 7.42. The lowest BCUT2D eigenvalue weighted by molar-refractivity contribution is 0.0695. The molecule has 1 fully saturated rings. The maximum atomic E-state index is 14.8. The molecule has 176 valence electrons. The number of aromatic carboxylic acids is 1. The van der Waals surface area contributed by atoms with Gasteiger partial charge >= 0.3 is 5.97 Å². The van der Waals surface area contributed by atoms with E-state index in [-0.39, 0.29) is 33.6 Å². The molecular formula is C25H22ClF2N3O3. The van der Waals surface area contributed by atoms with Gasteiger partial charge in [-0.25, -0.2) is 13.6 Å². The van der Waals surface area contributed by atoms with Crippen molar-refractivity contribution in [1.82, 2.24) is 4.57 Å². The van der Waals surface area contributed by atoms with E-state index in [1.165, 1.54) is 16.7 Å². The average molecular weight is 486 g/mol. The highest BCUT2D eigenvalue weighted by atomic mass is 35.5. The third-order valence-electron chi connectivity index (χ3n) is 7.04. The Hall–Kier alpha value is -3.23. The monoisotopic (exact) mass is 485 g/mol. The summed E-state index contributed by atoms with van der Waals surface area (Å²) in [5, 5.41) is 9.76. The summed E-state index contributed by atoms with van der Waals surface area (Å²) in [4.78, 5) is 26.8. The van der Waals surface area contributed by atoms with Crippen molar-refractivity contribution < 1.29 is 18.7 Å². The molecule has 34 heavy (non-hydrogen) atoms. The Balaban J connectivity index is 1.72. The van der Waals surface area contributed by atoms with Crippen molar-refractivity contribution in [3.05, 3.63) is 81.1 Å². The number of hydrogen-bond acceptors (Lipinski definition) is 4. The highest BCUT2D eigenvalue weighted by molar-refractivity contribution is 6.38. The maximum Gasteiger partial charge on any atom is 0.341 e. The van der Waals surface area contributed by atoms with Crippen LogP contribution in [0.1, 0.15) is 17.3 Å². The summed E-state index contributed by atoms with van der Waals surface area (Å²) in [5.41, 5.74) is 5.73. The van der Waals surface area contributed by atoms with Gasteiger partial charge in [0.25, 0.3) is 0 Å². The molecule has 3 N–H and O–H groups in total. The predicted octanol–water partition coefficient (Wildman–Crippen LogP) is 4.21. The van der Waals surface area contributed by atoms with Gasteiger partial charge in [-0.3, -0.25) is 4.79 Å². The number of nitrogens with zero attached hydrogens (tertiary/aromatic N) is 2. The Morgan fingerprint density at radius 1 is 1.12 bits per heavy atom. The van der Waals surface area contributed by atoms with Crippen LogP contribution in [0.5, 0.6) is 0 Å². The molecule has 1 aromatic heterocycles. The highest BCUT2D eigenvalue weighted by Crippen LogP contribution is 2.42. The zero-order valence-electron chi connectivity index (χ0n) is 18.2. The van der Waals surface area contributed by atoms with Crippen LogP contribution in [0.4, 0.5) is 14.5 Å². The smallest absolute Gasteiger partial charge is 0.341 e. The summed E-state index contributed by atoms with van der Waals surface area (Å²) in [7, 11) is 0. The average Bonchev–Trinajstić information content (AvgIpc) is 3.24. The molecule has 4 unspecified atom stereocenters. The number of anilines is 1. The third kappa shape index (κ3) is 3.49. The number of fused-ring (bicyclic) bond motifs is 2. The Morgan fingerprint density at radius 3 is 2.50 bits per heavy atom. The van der Waals surface area contributed by atoms with Gasteiger partial charge in [0.05, 0.1) is 21.9 Å². The van der Waals surface area contributed by atoms with Crippen LogP contribution in [0.3, 0.4) is 0 Å². The molecule has 4 atom stereocenters. The molecule has 2 aliphatic rings. The summed E-state index contributed by atoms with van der Waals surface area (Å²) < 4.78 is 29.5. The van der Waals surface area contributed by atoms with Crippen LogP contribution in [0, 0.1) is 29.4 Å². The molecule has 5 rings (SSSR count). The number of nitrogens with two attached hydrogens (primary N) is 1. The van der Waals surface area contributed by atoms with Crippen LogP contribution >= 0.6 is 11.6 Å². The number of aromatic nitrogens is 1. The summed E-state index contributed by atoms with van der Waals surface area (Å²) >= 11 is 6.84. The summed E-state index contributed by atoms with van der Waals surface area (Å²) in [5.74, 6) is -2.24. The maximum absolute atomic E-state index is 14.8. The minimum absolute atomic E-state index is 0.0284. The van der Waals surface area contributed by atoms with Crippen LogP contribution in [0.15, 0.2) is 53.5 Å². The van der Waals surface area contributed by atoms with Crippen molar-refractivity contribution in [2.24, 2.45) is 23.5 Å². The minimum atomic E-state index is -1.46. The van der Waals surface area contributed by atoms with Gasteiger partial charge in [0.1, 0.15) is 17.2 Å². The molecule has 1 aliphatic carbocycles. The van der Waals surface area contributed by atoms with E-state index in [4.69, 9.17) is 17.3 Å². The fraction of sp³-hybridized carbons (Fsp3) is 0.280. The van der Waals surface area contributed by atoms with Crippen molar-refractivity contribution in [2.45, 2.75) is 13.0 Å². The first-order valence-corrected chi connectivity index (χ1v) is 11.3. The first-order chi connectivity index (χ1) is 16.2. The van der Waals surface area contributed by atoms with E-state index in [1.54, 1.807) is 6.07 Å². The Bertz CT molecular complexity index is 1400. The number of rotatable bonds is 3. The van der Waals surface area contributed by atoms with Crippen molar-refractivity contribution in [3.63, 3.8) is 0 Å². The van der Waals surface area contributed by atoms with Gasteiger partial charge < -0.3 is 20.3 Å². The molecule has 0 amide bonds. The first kappa shape index (κ1) is 22.6. The van der Waals surface area contributed by atoms with Crippen molar-refractivity contribution in [2.75, 3.05) is 18.0 Å². The van der Waals surface area contributed by atoms with Crippen LogP contribution in [-0.2, 0) is 0 Å². The summed E-state index contributed by atoms with van der Waals surface area (Å²) in [6, 6.07) is 6.05. The largest absolute Gasteiger partial charge is 0.477 e. The molecule has 2 aromatic carbocycles. The molecule has 0 saturated carbocycles. The zero-order chi connectivity index (χ0) is 24.3. The van der Waals surface area contributed by atoms with E-state index in [9.17, 15) is 23.5 Å². The molecule has 2 heterocycles. The minimum Gasteiger partial charge on any atom is -0.477 e. The first-order valence-electron chi connectivity index (χ1n) is 10.9. The van der Waals surface area contributed by atoms with Crippen molar-refractivity contribution in [3.8, 4) is 5.69 Å². The number of benzene rings is 2. The zero-order valence-corrected chi connectivity index (χ0v) is 19.0. The quantitative estimate of drug-likeness (QED) is 0.543. The van der Waals surface area contributed by atoms with E-state index in [0.717, 1.165) is 12.3 Å². The molecular weight excluding hydrogens is 464 g/mol. The van der Waals surface area contributed by atoms with E-state index in [0.29, 0.717) is 36.7 Å². The molecule has 3 aromatic rings. The van der Waals surface area contributed by atoms with Crippen LogP contribution in [-0.4, -0.2) is 34.8 Å². The van der Waals surface area contributed by atoms with Crippen LogP contribution in [0.25, 0.3) is 16.6 Å². The molecule has 0 radical (unpaired) electrons. The fourth-order valence-electron chi connectivity index (χ4n) is 5.24. The van der Waals surface area contributed by atoms with E-state index >= 15 is 0 Å². The number of carboxylic acids is 1. The molecule has 0 spiro atoms. The fourth-order valence-corrected chi connectivity index (χ4v) is 5.61. The van der Waals surface area contributed by atoms with E-state index < -0.39 is 28.6 Å². The summed E-state index contributed by atoms with van der Waals surface area (Å²) in [6.07, 6.45) is 5.18. The number of hydrogen-bond donors (Lipinski definition) is 2. The van der Waals surface area contributed by atoms with Gasteiger partial charge in [-0.05, 0) is 36.1 Å². The van der Waals surface area contributed by atoms with Gasteiger partial charge in [0.15, 0.2) is 0 Å². The lowest BCUT2D eigenvalue weighted by Gasteiger charge is -2.30. The predicted molar refractivity (Wildman–Crippen MR) is 127 cm³/mol. The van der Waals surface area contributed by atoms with E-state index in [1.807, 2.05) is 6.08 Å². The second-order valence-electron chi connectivity index (χ2n) is 8.99. The van der Waals surface area contributed by atoms with Gasteiger partial charge in [-0.15, -0.1) is 0 Å². The Labute approximate surface area is 198 Å². The number of carboxylic acid groups (broad SMARTS) is 1. The number of halogens is 3. The van der Waals surface area contributed by atoms with E-state index in [2.05, 4.69) is 17.9 Å². The summed E-state index contributed by atoms with van der Waals surface area (Å²) in [6.45, 7) is 3.51. The number of allylic oxidation sites excluding steroid dienone is 1. The molecule has 9 heteroatoms. The van der Waals surface area contributed by atoms with Crippen molar-refractivity contribution in [1.29, 1.82) is 0 Å². The van der Waals surface area contributed by atoms with Gasteiger partial charge in [-0.1, -0.05) is 30.7 Å². The molecule has 0 bridgehead atoms. The van der Waals surface area contributed by atoms with Gasteiger partial charge in [0.2, 0.25) is 5.43 Å². The highest BCUT2D eigenvalue weighted by Gasteiger charge is 2.41. The topological polar surface area (TPSA) is 88.6 Å². The van der Waals surface area contributed by atoms with Gasteiger partial charge in [-0.2, -0.15) is 0 Å². The second-order valence-corrected chi connectivity index (χ2v) is 9.37. The second kappa shape index (κ2) is 8.21. The number of pyridine rings is 1. The Morgan fingerprint density at radius 2 is 1.82 bits per heavy atom. The standard InChI is InChI=1S/C25H22ClF2N3O3/c1-12-2-5-19(29)16-10-30(9-15(12)16)21-7-4-14-23(22(21)26)31(11-17(24(14)32)25(33)34)20-6-3-13(27)8-18(20)28/h2-8,11-12,15-16,19H,9-10,29H2,1H3,(H,33,34). The van der Waals surface area contributed by atoms with Crippen LogP contribution in [0.2, 0.25) is 5.02 Å². The lowest BCUT2D eigenvalue weighted by atomic mass is 9.77. The van der Waals surface area contributed by atoms with Crippen LogP contribution < -0.4 is 16.1 Å². The van der Waals surface area contributed by atoms with Crippen molar-refractivity contribution >= 4 is 34.2 Å². The molecule has 6 nitrogen and oxygen atoms in total. The molecule has 1 saturated heterocycles. The van der Waals surface area contributed by atoms with Gasteiger partial charge in [0, 0.05) is 42.7 Å². The lowest BCUT2D eigenvalue weighted by Crippen LogP contribution is -2.38. The normalized spacial score (nSPS) is 24.0. The Kier molecular flexibility index (Phi) is 5.45. The number of carbonyl (C=O) groups is 1. The SMILES string of the molecule is CC1C=CC(N)C2CN(c3ccc4c(=O)c(C(=O)O)cn(-c5ccc(F)cc5F)c4c3Cl)CC12.